The first-order valence-electron chi connectivity index (χ1n) is 10.3. The van der Waals surface area contributed by atoms with Crippen molar-refractivity contribution in [3.8, 4) is 0 Å². The number of azo groups is 1. The maximum absolute atomic E-state index is 12.7. The van der Waals surface area contributed by atoms with Crippen LogP contribution in [0.1, 0.15) is 28.4 Å². The van der Waals surface area contributed by atoms with E-state index in [1.165, 1.54) is 28.2 Å². The number of hydrogen-bond donors (Lipinski definition) is 1. The average molecular weight is 505 g/mol. The fourth-order valence-corrected chi connectivity index (χ4v) is 4.90. The summed E-state index contributed by atoms with van der Waals surface area (Å²) >= 11 is 2.58. The molecule has 6 nitrogen and oxygen atoms in total. The van der Waals surface area contributed by atoms with Gasteiger partial charge in [0.15, 0.2) is 5.13 Å². The molecule has 0 radical (unpaired) electrons. The molecule has 1 amide bonds. The van der Waals surface area contributed by atoms with Gasteiger partial charge in [-0.25, -0.2) is 4.98 Å². The Labute approximate surface area is 201 Å². The third-order valence-electron chi connectivity index (χ3n) is 4.71. The van der Waals surface area contributed by atoms with Crippen molar-refractivity contribution in [3.63, 3.8) is 0 Å². The van der Waals surface area contributed by atoms with Crippen LogP contribution in [0.2, 0.25) is 0 Å². The van der Waals surface area contributed by atoms with E-state index in [9.17, 15) is 18.0 Å². The number of carbonyl (C=O) groups is 1. The van der Waals surface area contributed by atoms with E-state index < -0.39 is 17.6 Å². The number of nitrogens with zero attached hydrogens (tertiary/aromatic N) is 3. The molecule has 1 N–H and O–H groups in total. The minimum absolute atomic E-state index is 0.116. The van der Waals surface area contributed by atoms with Gasteiger partial charge < -0.3 is 4.74 Å². The summed E-state index contributed by atoms with van der Waals surface area (Å²) in [6.45, 7) is 3.35. The SMILES string of the molecule is CCOCCc1ccc(N=Nc2cc3sc(NC(=O)c4ccc(C(F)(F)F)cc4)nc3s2)cc1. The number of thiophene rings is 1. The Kier molecular flexibility index (Phi) is 7.35. The zero-order valence-corrected chi connectivity index (χ0v) is 19.6. The van der Waals surface area contributed by atoms with Crippen molar-refractivity contribution in [3.05, 3.63) is 71.3 Å². The number of amides is 1. The second-order valence-corrected chi connectivity index (χ2v) is 9.16. The Morgan fingerprint density at radius 3 is 2.44 bits per heavy atom. The number of aromatic nitrogens is 1. The van der Waals surface area contributed by atoms with E-state index in [0.29, 0.717) is 28.2 Å². The van der Waals surface area contributed by atoms with Crippen molar-refractivity contribution in [2.45, 2.75) is 19.5 Å². The van der Waals surface area contributed by atoms with Crippen LogP contribution in [0, 0.1) is 0 Å². The minimum atomic E-state index is -4.45. The molecule has 0 fully saturated rings. The van der Waals surface area contributed by atoms with Crippen molar-refractivity contribution in [2.24, 2.45) is 10.2 Å². The average Bonchev–Trinajstić information content (AvgIpc) is 3.36. The van der Waals surface area contributed by atoms with E-state index in [2.05, 4.69) is 20.5 Å². The smallest absolute Gasteiger partial charge is 0.381 e. The molecule has 0 atom stereocenters. The lowest BCUT2D eigenvalue weighted by Crippen LogP contribution is -2.12. The highest BCUT2D eigenvalue weighted by atomic mass is 32.1. The normalized spacial score (nSPS) is 12.0. The topological polar surface area (TPSA) is 75.9 Å². The van der Waals surface area contributed by atoms with Gasteiger partial charge in [-0.05, 0) is 61.4 Å². The van der Waals surface area contributed by atoms with Gasteiger partial charge in [0.1, 0.15) is 9.83 Å². The number of alkyl halides is 3. The van der Waals surface area contributed by atoms with Crippen molar-refractivity contribution in [1.82, 2.24) is 4.98 Å². The Morgan fingerprint density at radius 2 is 1.79 bits per heavy atom. The van der Waals surface area contributed by atoms with Crippen LogP contribution >= 0.6 is 22.7 Å². The molecule has 0 aliphatic carbocycles. The fourth-order valence-electron chi connectivity index (χ4n) is 2.98. The van der Waals surface area contributed by atoms with Crippen LogP contribution in [0.15, 0.2) is 64.8 Å². The summed E-state index contributed by atoms with van der Waals surface area (Å²) in [6.07, 6.45) is -3.60. The van der Waals surface area contributed by atoms with E-state index in [0.717, 1.165) is 41.1 Å². The van der Waals surface area contributed by atoms with Gasteiger partial charge in [-0.15, -0.1) is 10.2 Å². The molecule has 0 saturated heterocycles. The van der Waals surface area contributed by atoms with Crippen LogP contribution in [-0.4, -0.2) is 24.1 Å². The molecular weight excluding hydrogens is 485 g/mol. The van der Waals surface area contributed by atoms with Crippen LogP contribution < -0.4 is 5.32 Å². The largest absolute Gasteiger partial charge is 0.416 e. The van der Waals surface area contributed by atoms with Gasteiger partial charge >= 0.3 is 6.18 Å². The number of fused-ring (bicyclic) bond motifs is 1. The maximum Gasteiger partial charge on any atom is 0.416 e. The Hall–Kier alpha value is -3.15. The van der Waals surface area contributed by atoms with Crippen LogP contribution in [-0.2, 0) is 17.3 Å². The molecule has 0 spiro atoms. The Bertz CT molecular complexity index is 1270. The second kappa shape index (κ2) is 10.4. The number of hydrogen-bond acceptors (Lipinski definition) is 7. The zero-order valence-electron chi connectivity index (χ0n) is 17.9. The summed E-state index contributed by atoms with van der Waals surface area (Å²) < 4.78 is 44.2. The van der Waals surface area contributed by atoms with Gasteiger partial charge in [0.05, 0.1) is 22.6 Å². The molecule has 2 heterocycles. The summed E-state index contributed by atoms with van der Waals surface area (Å²) in [7, 11) is 0. The van der Waals surface area contributed by atoms with Crippen LogP contribution in [0.25, 0.3) is 9.53 Å². The molecule has 0 bridgehead atoms. The van der Waals surface area contributed by atoms with Gasteiger partial charge in [0.25, 0.3) is 5.91 Å². The third kappa shape index (κ3) is 6.04. The van der Waals surface area contributed by atoms with Crippen molar-refractivity contribution in [1.29, 1.82) is 0 Å². The van der Waals surface area contributed by atoms with E-state index in [1.54, 1.807) is 0 Å². The molecular formula is C23H19F3N4O2S2. The van der Waals surface area contributed by atoms with Crippen molar-refractivity contribution >= 4 is 53.9 Å². The monoisotopic (exact) mass is 504 g/mol. The lowest BCUT2D eigenvalue weighted by molar-refractivity contribution is -0.137. The van der Waals surface area contributed by atoms with Gasteiger partial charge in [-0.1, -0.05) is 34.8 Å². The van der Waals surface area contributed by atoms with E-state index in [-0.39, 0.29) is 5.56 Å². The number of benzene rings is 2. The number of carbonyl (C=O) groups excluding carboxylic acids is 1. The van der Waals surface area contributed by atoms with Crippen LogP contribution in [0.5, 0.6) is 0 Å². The minimum Gasteiger partial charge on any atom is -0.381 e. The molecule has 4 aromatic rings. The third-order valence-corrected chi connectivity index (χ3v) is 6.67. The number of halogens is 3. The molecule has 11 heteroatoms. The summed E-state index contributed by atoms with van der Waals surface area (Å²) in [5.41, 5.74) is 1.21. The first-order valence-corrected chi connectivity index (χ1v) is 11.9. The molecule has 0 aliphatic rings. The predicted octanol–water partition coefficient (Wildman–Crippen LogP) is 7.62. The van der Waals surface area contributed by atoms with Crippen LogP contribution in [0.4, 0.5) is 29.0 Å². The van der Waals surface area contributed by atoms with Crippen molar-refractivity contribution in [2.75, 3.05) is 18.5 Å². The lowest BCUT2D eigenvalue weighted by Gasteiger charge is -2.07. The lowest BCUT2D eigenvalue weighted by atomic mass is 10.1. The quantitative estimate of drug-likeness (QED) is 0.198. The molecule has 4 rings (SSSR count). The summed E-state index contributed by atoms with van der Waals surface area (Å²) in [6, 6.07) is 13.6. The number of rotatable bonds is 8. The van der Waals surface area contributed by atoms with E-state index in [1.807, 2.05) is 37.3 Å². The molecule has 0 saturated carbocycles. The standard InChI is InChI=1S/C23H19F3N4O2S2/c1-2-32-12-11-14-3-9-17(10-4-14)29-30-19-13-18-21(34-19)28-22(33-18)27-20(31)15-5-7-16(8-6-15)23(24,25)26/h3-10,13H,2,11-12H2,1H3,(H,27,28,31). The first kappa shape index (κ1) is 24.0. The Morgan fingerprint density at radius 1 is 1.06 bits per heavy atom. The van der Waals surface area contributed by atoms with E-state index in [4.69, 9.17) is 4.74 Å². The Balaban J connectivity index is 1.37. The first-order chi connectivity index (χ1) is 16.3. The highest BCUT2D eigenvalue weighted by molar-refractivity contribution is 7.30. The fraction of sp³-hybridized carbons (Fsp3) is 0.217. The molecule has 176 valence electrons. The number of ether oxygens (including phenoxy) is 1. The number of nitrogens with one attached hydrogen (secondary N) is 1. The zero-order chi connectivity index (χ0) is 24.1. The number of thiazole rings is 1. The summed E-state index contributed by atoms with van der Waals surface area (Å²) in [5.74, 6) is -0.528. The maximum atomic E-state index is 12.7. The predicted molar refractivity (Wildman–Crippen MR) is 128 cm³/mol. The van der Waals surface area contributed by atoms with Crippen LogP contribution in [0.3, 0.4) is 0 Å². The van der Waals surface area contributed by atoms with Gasteiger partial charge in [0.2, 0.25) is 0 Å². The van der Waals surface area contributed by atoms with Gasteiger partial charge in [-0.3, -0.25) is 10.1 Å². The van der Waals surface area contributed by atoms with Gasteiger partial charge in [-0.2, -0.15) is 13.2 Å². The highest BCUT2D eigenvalue weighted by Gasteiger charge is 2.30. The highest BCUT2D eigenvalue weighted by Crippen LogP contribution is 2.38. The number of anilines is 1. The molecule has 0 aliphatic heterocycles. The molecule has 2 aromatic heterocycles. The summed E-state index contributed by atoms with van der Waals surface area (Å²) in [4.78, 5) is 17.4. The second-order valence-electron chi connectivity index (χ2n) is 7.12. The van der Waals surface area contributed by atoms with Crippen molar-refractivity contribution < 1.29 is 22.7 Å². The summed E-state index contributed by atoms with van der Waals surface area (Å²) in [5, 5.41) is 12.2. The molecule has 34 heavy (non-hydrogen) atoms. The molecule has 2 aromatic carbocycles. The van der Waals surface area contributed by atoms with E-state index >= 15 is 0 Å². The van der Waals surface area contributed by atoms with Gasteiger partial charge in [0, 0.05) is 12.2 Å². The molecule has 0 unspecified atom stereocenters.